The number of rotatable bonds is 4. The second kappa shape index (κ2) is 6.08. The molecule has 2 aromatic carbocycles. The lowest BCUT2D eigenvalue weighted by atomic mass is 10.00. The molecule has 0 bridgehead atoms. The lowest BCUT2D eigenvalue weighted by Crippen LogP contribution is -2.15. The molecule has 3 aromatic rings. The summed E-state index contributed by atoms with van der Waals surface area (Å²) in [6.07, 6.45) is 0. The van der Waals surface area contributed by atoms with E-state index < -0.39 is 5.97 Å². The van der Waals surface area contributed by atoms with E-state index in [2.05, 4.69) is 0 Å². The van der Waals surface area contributed by atoms with Crippen LogP contribution in [0.3, 0.4) is 0 Å². The average Bonchev–Trinajstić information content (AvgIpc) is 2.88. The highest BCUT2D eigenvalue weighted by Gasteiger charge is 2.27. The first-order chi connectivity index (χ1) is 11.1. The summed E-state index contributed by atoms with van der Waals surface area (Å²) in [6, 6.07) is 16.5. The highest BCUT2D eigenvalue weighted by molar-refractivity contribution is 6.21. The first kappa shape index (κ1) is 15.0. The lowest BCUT2D eigenvalue weighted by molar-refractivity contribution is 0.0513. The number of benzene rings is 2. The zero-order valence-electron chi connectivity index (χ0n) is 13.1. The van der Waals surface area contributed by atoms with E-state index in [1.807, 2.05) is 42.5 Å². The van der Waals surface area contributed by atoms with Crippen molar-refractivity contribution < 1.29 is 14.3 Å². The van der Waals surface area contributed by atoms with Crippen LogP contribution in [0.25, 0.3) is 10.9 Å². The summed E-state index contributed by atoms with van der Waals surface area (Å²) in [5.74, 6) is -0.657. The maximum Gasteiger partial charge on any atom is 0.355 e. The van der Waals surface area contributed by atoms with Gasteiger partial charge in [-0.05, 0) is 13.0 Å². The van der Waals surface area contributed by atoms with Crippen LogP contribution in [0, 0.1) is 0 Å². The van der Waals surface area contributed by atoms with Crippen LogP contribution in [0.2, 0.25) is 0 Å². The third-order valence-corrected chi connectivity index (χ3v) is 3.84. The van der Waals surface area contributed by atoms with Crippen molar-refractivity contribution in [2.45, 2.75) is 6.92 Å². The maximum atomic E-state index is 13.0. The Bertz CT molecular complexity index is 878. The fourth-order valence-corrected chi connectivity index (χ4v) is 2.80. The molecule has 4 nitrogen and oxygen atoms in total. The van der Waals surface area contributed by atoms with Crippen LogP contribution >= 0.6 is 0 Å². The molecule has 1 heterocycles. The standard InChI is InChI=1S/C19H17NO3/c1-3-23-19(22)17-16(18(21)13-9-5-4-6-10-13)14-11-7-8-12-15(14)20(17)2/h4-12H,3H2,1-2H3. The molecule has 0 fully saturated rings. The van der Waals surface area contributed by atoms with Crippen LogP contribution in [-0.4, -0.2) is 22.9 Å². The van der Waals surface area contributed by atoms with E-state index in [0.29, 0.717) is 16.8 Å². The number of aryl methyl sites for hydroxylation is 1. The van der Waals surface area contributed by atoms with Crippen LogP contribution in [0.4, 0.5) is 0 Å². The van der Waals surface area contributed by atoms with Crippen LogP contribution < -0.4 is 0 Å². The van der Waals surface area contributed by atoms with E-state index in [4.69, 9.17) is 4.74 Å². The third kappa shape index (κ3) is 2.52. The van der Waals surface area contributed by atoms with Crippen LogP contribution in [-0.2, 0) is 11.8 Å². The van der Waals surface area contributed by atoms with Crippen molar-refractivity contribution in [3.8, 4) is 0 Å². The number of para-hydroxylation sites is 1. The van der Waals surface area contributed by atoms with E-state index >= 15 is 0 Å². The number of hydrogen-bond acceptors (Lipinski definition) is 3. The predicted octanol–water partition coefficient (Wildman–Crippen LogP) is 3.59. The van der Waals surface area contributed by atoms with Gasteiger partial charge in [0.15, 0.2) is 5.78 Å². The van der Waals surface area contributed by atoms with Crippen molar-refractivity contribution in [3.05, 3.63) is 71.4 Å². The van der Waals surface area contributed by atoms with Gasteiger partial charge in [0.25, 0.3) is 0 Å². The molecule has 0 saturated heterocycles. The topological polar surface area (TPSA) is 48.3 Å². The fraction of sp³-hybridized carbons (Fsp3) is 0.158. The molecule has 0 aliphatic rings. The quantitative estimate of drug-likeness (QED) is 0.547. The van der Waals surface area contributed by atoms with Gasteiger partial charge in [0, 0.05) is 23.5 Å². The number of aromatic nitrogens is 1. The summed E-state index contributed by atoms with van der Waals surface area (Å²) in [7, 11) is 1.77. The number of nitrogens with zero attached hydrogens (tertiary/aromatic N) is 1. The summed E-state index contributed by atoms with van der Waals surface area (Å²) < 4.78 is 6.88. The van der Waals surface area contributed by atoms with Crippen molar-refractivity contribution in [2.24, 2.45) is 7.05 Å². The number of esters is 1. The Morgan fingerprint density at radius 2 is 1.65 bits per heavy atom. The predicted molar refractivity (Wildman–Crippen MR) is 88.8 cm³/mol. The second-order valence-corrected chi connectivity index (χ2v) is 5.22. The minimum Gasteiger partial charge on any atom is -0.461 e. The molecule has 0 N–H and O–H groups in total. The Morgan fingerprint density at radius 1 is 1.00 bits per heavy atom. The molecule has 4 heteroatoms. The molecule has 0 saturated carbocycles. The number of ketones is 1. The molecule has 116 valence electrons. The van der Waals surface area contributed by atoms with Gasteiger partial charge in [0.2, 0.25) is 0 Å². The molecule has 23 heavy (non-hydrogen) atoms. The van der Waals surface area contributed by atoms with Crippen LogP contribution in [0.5, 0.6) is 0 Å². The number of carbonyl (C=O) groups excluding carboxylic acids is 2. The van der Waals surface area contributed by atoms with Gasteiger partial charge in [-0.25, -0.2) is 4.79 Å². The van der Waals surface area contributed by atoms with E-state index in [-0.39, 0.29) is 12.4 Å². The summed E-state index contributed by atoms with van der Waals surface area (Å²) in [5.41, 5.74) is 2.07. The minimum atomic E-state index is -0.481. The van der Waals surface area contributed by atoms with Crippen molar-refractivity contribution in [1.82, 2.24) is 4.57 Å². The van der Waals surface area contributed by atoms with E-state index in [9.17, 15) is 9.59 Å². The van der Waals surface area contributed by atoms with Gasteiger partial charge in [0.05, 0.1) is 12.2 Å². The molecular formula is C19H17NO3. The molecule has 3 rings (SSSR count). The van der Waals surface area contributed by atoms with Gasteiger partial charge in [-0.15, -0.1) is 0 Å². The SMILES string of the molecule is CCOC(=O)c1c(C(=O)c2ccccc2)c2ccccc2n1C. The van der Waals surface area contributed by atoms with Gasteiger partial charge in [-0.3, -0.25) is 4.79 Å². The van der Waals surface area contributed by atoms with Gasteiger partial charge < -0.3 is 9.30 Å². The van der Waals surface area contributed by atoms with Crippen LogP contribution in [0.15, 0.2) is 54.6 Å². The van der Waals surface area contributed by atoms with Crippen molar-refractivity contribution >= 4 is 22.7 Å². The largest absolute Gasteiger partial charge is 0.461 e. The highest BCUT2D eigenvalue weighted by atomic mass is 16.5. The first-order valence-corrected chi connectivity index (χ1v) is 7.49. The first-order valence-electron chi connectivity index (χ1n) is 7.49. The zero-order chi connectivity index (χ0) is 16.4. The van der Waals surface area contributed by atoms with E-state index in [0.717, 1.165) is 10.9 Å². The smallest absolute Gasteiger partial charge is 0.355 e. The van der Waals surface area contributed by atoms with Gasteiger partial charge >= 0.3 is 5.97 Å². The van der Waals surface area contributed by atoms with Gasteiger partial charge in [0.1, 0.15) is 5.69 Å². The molecule has 0 amide bonds. The van der Waals surface area contributed by atoms with Gasteiger partial charge in [-0.2, -0.15) is 0 Å². The highest BCUT2D eigenvalue weighted by Crippen LogP contribution is 2.28. The monoisotopic (exact) mass is 307 g/mol. The fourth-order valence-electron chi connectivity index (χ4n) is 2.80. The molecule has 1 aromatic heterocycles. The summed E-state index contributed by atoms with van der Waals surface area (Å²) >= 11 is 0. The Kier molecular flexibility index (Phi) is 3.98. The molecule has 0 aliphatic carbocycles. The normalized spacial score (nSPS) is 10.7. The number of carbonyl (C=O) groups is 2. The third-order valence-electron chi connectivity index (χ3n) is 3.84. The van der Waals surface area contributed by atoms with Crippen molar-refractivity contribution in [2.75, 3.05) is 6.61 Å². The number of fused-ring (bicyclic) bond motifs is 1. The summed E-state index contributed by atoms with van der Waals surface area (Å²) in [6.45, 7) is 2.01. The lowest BCUT2D eigenvalue weighted by Gasteiger charge is -2.07. The van der Waals surface area contributed by atoms with Crippen LogP contribution in [0.1, 0.15) is 33.3 Å². The molecule has 0 atom stereocenters. The van der Waals surface area contributed by atoms with Crippen molar-refractivity contribution in [1.29, 1.82) is 0 Å². The Hall–Kier alpha value is -2.88. The maximum absolute atomic E-state index is 13.0. The Morgan fingerprint density at radius 3 is 2.35 bits per heavy atom. The molecule has 0 spiro atoms. The Labute approximate surface area is 134 Å². The van der Waals surface area contributed by atoms with Crippen molar-refractivity contribution in [3.63, 3.8) is 0 Å². The second-order valence-electron chi connectivity index (χ2n) is 5.22. The molecule has 0 radical (unpaired) electrons. The molecule has 0 aliphatic heterocycles. The van der Waals surface area contributed by atoms with E-state index in [1.54, 1.807) is 30.7 Å². The Balaban J connectivity index is 2.27. The summed E-state index contributed by atoms with van der Waals surface area (Å²) in [4.78, 5) is 25.4. The molecule has 0 unspecified atom stereocenters. The zero-order valence-corrected chi connectivity index (χ0v) is 13.1. The van der Waals surface area contributed by atoms with E-state index in [1.165, 1.54) is 0 Å². The summed E-state index contributed by atoms with van der Waals surface area (Å²) in [5, 5.41) is 0.756. The minimum absolute atomic E-state index is 0.176. The number of hydrogen-bond donors (Lipinski definition) is 0. The van der Waals surface area contributed by atoms with Gasteiger partial charge in [-0.1, -0.05) is 48.5 Å². The average molecular weight is 307 g/mol. The molecular weight excluding hydrogens is 290 g/mol. The number of ether oxygens (including phenoxy) is 1.